The van der Waals surface area contributed by atoms with Gasteiger partial charge >= 0.3 is 0 Å². The molecule has 0 aliphatic rings. The zero-order valence-electron chi connectivity index (χ0n) is 10.4. The number of hydrogen-bond acceptors (Lipinski definition) is 1. The van der Waals surface area contributed by atoms with Crippen LogP contribution in [0.4, 0.5) is 0 Å². The lowest BCUT2D eigenvalue weighted by molar-refractivity contribution is 0.551. The highest BCUT2D eigenvalue weighted by molar-refractivity contribution is 9.10. The second-order valence-corrected chi connectivity index (χ2v) is 6.21. The molecular formula is C14H17BrN2. The van der Waals surface area contributed by atoms with Crippen LogP contribution in [0, 0.1) is 0 Å². The summed E-state index contributed by atoms with van der Waals surface area (Å²) in [4.78, 5) is 7.89. The minimum absolute atomic E-state index is 0.0813. The number of nitrogens with zero attached hydrogens (tertiary/aromatic N) is 1. The Morgan fingerprint density at radius 2 is 1.82 bits per heavy atom. The molecule has 0 unspecified atom stereocenters. The smallest absolute Gasteiger partial charge is 0.111 e. The lowest BCUT2D eigenvalue weighted by Crippen LogP contribution is -2.13. The number of nitrogens with one attached hydrogen (secondary N) is 1. The number of aromatic nitrogens is 2. The Kier molecular flexibility index (Phi) is 3.38. The first-order chi connectivity index (χ1) is 7.95. The molecule has 0 bridgehead atoms. The molecule has 2 nitrogen and oxygen atoms in total. The van der Waals surface area contributed by atoms with Gasteiger partial charge in [-0.05, 0) is 17.7 Å². The predicted octanol–water partition coefficient (Wildman–Crippen LogP) is 4.06. The van der Waals surface area contributed by atoms with E-state index in [1.165, 1.54) is 5.56 Å². The van der Waals surface area contributed by atoms with Crippen LogP contribution in [0.15, 0.2) is 34.9 Å². The second kappa shape index (κ2) is 4.65. The van der Waals surface area contributed by atoms with E-state index in [0.29, 0.717) is 0 Å². The van der Waals surface area contributed by atoms with Gasteiger partial charge in [-0.15, -0.1) is 0 Å². The predicted molar refractivity (Wildman–Crippen MR) is 74.2 cm³/mol. The second-order valence-electron chi connectivity index (χ2n) is 5.29. The molecule has 1 aromatic carbocycles. The fourth-order valence-corrected chi connectivity index (χ4v) is 1.91. The number of hydrogen-bond donors (Lipinski definition) is 1. The number of rotatable bonds is 2. The quantitative estimate of drug-likeness (QED) is 0.888. The van der Waals surface area contributed by atoms with Crippen molar-refractivity contribution in [2.24, 2.45) is 0 Å². The van der Waals surface area contributed by atoms with Crippen LogP contribution >= 0.6 is 15.9 Å². The van der Waals surface area contributed by atoms with Crippen molar-refractivity contribution in [3.8, 4) is 0 Å². The van der Waals surface area contributed by atoms with E-state index in [0.717, 1.165) is 22.4 Å². The zero-order chi connectivity index (χ0) is 12.5. The van der Waals surface area contributed by atoms with Gasteiger partial charge in [-0.1, -0.05) is 48.8 Å². The molecule has 0 saturated carbocycles. The van der Waals surface area contributed by atoms with Gasteiger partial charge in [0.2, 0.25) is 0 Å². The minimum atomic E-state index is 0.0813. The minimum Gasteiger partial charge on any atom is -0.348 e. The first kappa shape index (κ1) is 12.4. The summed E-state index contributed by atoms with van der Waals surface area (Å²) < 4.78 is 1.11. The third kappa shape index (κ3) is 3.19. The molecule has 0 spiro atoms. The van der Waals surface area contributed by atoms with Gasteiger partial charge < -0.3 is 4.98 Å². The Bertz CT molecular complexity index is 492. The fraction of sp³-hybridized carbons (Fsp3) is 0.357. The molecule has 1 heterocycles. The molecule has 17 heavy (non-hydrogen) atoms. The van der Waals surface area contributed by atoms with E-state index in [1.54, 1.807) is 0 Å². The normalized spacial score (nSPS) is 11.8. The summed E-state index contributed by atoms with van der Waals surface area (Å²) in [7, 11) is 0. The molecule has 1 aromatic heterocycles. The van der Waals surface area contributed by atoms with Crippen LogP contribution in [-0.4, -0.2) is 9.97 Å². The first-order valence-electron chi connectivity index (χ1n) is 5.74. The highest BCUT2D eigenvalue weighted by atomic mass is 79.9. The Labute approximate surface area is 111 Å². The molecule has 0 atom stereocenters. The van der Waals surface area contributed by atoms with E-state index in [2.05, 4.69) is 70.9 Å². The van der Waals surface area contributed by atoms with Gasteiger partial charge in [-0.2, -0.15) is 0 Å². The molecule has 0 aliphatic heterocycles. The van der Waals surface area contributed by atoms with E-state index in [9.17, 15) is 0 Å². The van der Waals surface area contributed by atoms with Crippen molar-refractivity contribution >= 4 is 15.9 Å². The monoisotopic (exact) mass is 292 g/mol. The van der Waals surface area contributed by atoms with Crippen molar-refractivity contribution in [3.63, 3.8) is 0 Å². The molecule has 0 radical (unpaired) electrons. The van der Waals surface area contributed by atoms with E-state index in [1.807, 2.05) is 6.20 Å². The topological polar surface area (TPSA) is 28.7 Å². The van der Waals surface area contributed by atoms with E-state index in [-0.39, 0.29) is 5.41 Å². The van der Waals surface area contributed by atoms with Crippen molar-refractivity contribution in [2.75, 3.05) is 0 Å². The summed E-state index contributed by atoms with van der Waals surface area (Å²) in [5.74, 6) is 1.05. The van der Waals surface area contributed by atoms with E-state index < -0.39 is 0 Å². The molecule has 0 amide bonds. The molecule has 1 N–H and O–H groups in total. The maximum Gasteiger partial charge on any atom is 0.111 e. The standard InChI is InChI=1S/C14H17BrN2/c1-14(2,3)13-16-9-12(17-13)8-10-4-6-11(15)7-5-10/h4-7,9H,8H2,1-3H3,(H,16,17). The summed E-state index contributed by atoms with van der Waals surface area (Å²) in [6.45, 7) is 6.49. The zero-order valence-corrected chi connectivity index (χ0v) is 12.0. The SMILES string of the molecule is CC(C)(C)c1nc(Cc2ccc(Br)cc2)c[nH]1. The Balaban J connectivity index is 2.14. The van der Waals surface area contributed by atoms with E-state index in [4.69, 9.17) is 0 Å². The lowest BCUT2D eigenvalue weighted by Gasteiger charge is -2.13. The van der Waals surface area contributed by atoms with Crippen molar-refractivity contribution < 1.29 is 0 Å². The van der Waals surface area contributed by atoms with Crippen LogP contribution in [0.1, 0.15) is 37.9 Å². The average Bonchev–Trinajstić information content (AvgIpc) is 2.69. The fourth-order valence-electron chi connectivity index (χ4n) is 1.65. The van der Waals surface area contributed by atoms with Crippen molar-refractivity contribution in [1.82, 2.24) is 9.97 Å². The number of H-pyrrole nitrogens is 1. The first-order valence-corrected chi connectivity index (χ1v) is 6.54. The molecule has 0 saturated heterocycles. The molecule has 0 aliphatic carbocycles. The van der Waals surface area contributed by atoms with E-state index >= 15 is 0 Å². The molecule has 90 valence electrons. The maximum absolute atomic E-state index is 4.63. The molecule has 0 fully saturated rings. The average molecular weight is 293 g/mol. The largest absolute Gasteiger partial charge is 0.348 e. The third-order valence-corrected chi connectivity index (χ3v) is 3.17. The highest BCUT2D eigenvalue weighted by Gasteiger charge is 2.17. The number of aromatic amines is 1. The van der Waals surface area contributed by atoms with Crippen LogP contribution in [0.3, 0.4) is 0 Å². The number of imidazole rings is 1. The number of halogens is 1. The maximum atomic E-state index is 4.63. The van der Waals surface area contributed by atoms with Crippen molar-refractivity contribution in [2.45, 2.75) is 32.6 Å². The van der Waals surface area contributed by atoms with Gasteiger partial charge in [0.05, 0.1) is 5.69 Å². The van der Waals surface area contributed by atoms with Crippen LogP contribution in [0.25, 0.3) is 0 Å². The Hall–Kier alpha value is -1.09. The Morgan fingerprint density at radius 3 is 2.35 bits per heavy atom. The van der Waals surface area contributed by atoms with Crippen molar-refractivity contribution in [3.05, 3.63) is 52.0 Å². The summed E-state index contributed by atoms with van der Waals surface area (Å²) in [6, 6.07) is 8.37. The van der Waals surface area contributed by atoms with Gasteiger partial charge in [0, 0.05) is 22.5 Å². The summed E-state index contributed by atoms with van der Waals surface area (Å²) in [6.07, 6.45) is 2.88. The lowest BCUT2D eigenvalue weighted by atomic mass is 9.96. The Morgan fingerprint density at radius 1 is 1.18 bits per heavy atom. The summed E-state index contributed by atoms with van der Waals surface area (Å²) in [5.41, 5.74) is 2.45. The van der Waals surface area contributed by atoms with Gasteiger partial charge in [0.25, 0.3) is 0 Å². The molecule has 2 aromatic rings. The highest BCUT2D eigenvalue weighted by Crippen LogP contribution is 2.20. The van der Waals surface area contributed by atoms with Crippen LogP contribution in [0.5, 0.6) is 0 Å². The molecular weight excluding hydrogens is 276 g/mol. The molecule has 2 rings (SSSR count). The number of benzene rings is 1. The van der Waals surface area contributed by atoms with Crippen LogP contribution < -0.4 is 0 Å². The summed E-state index contributed by atoms with van der Waals surface area (Å²) in [5, 5.41) is 0. The summed E-state index contributed by atoms with van der Waals surface area (Å²) >= 11 is 3.44. The molecule has 3 heteroatoms. The van der Waals surface area contributed by atoms with Crippen LogP contribution in [-0.2, 0) is 11.8 Å². The van der Waals surface area contributed by atoms with Crippen LogP contribution in [0.2, 0.25) is 0 Å². The van der Waals surface area contributed by atoms with Gasteiger partial charge in [-0.25, -0.2) is 4.98 Å². The van der Waals surface area contributed by atoms with Crippen molar-refractivity contribution in [1.29, 1.82) is 0 Å². The van der Waals surface area contributed by atoms with Gasteiger partial charge in [-0.3, -0.25) is 0 Å². The van der Waals surface area contributed by atoms with Gasteiger partial charge in [0.1, 0.15) is 5.82 Å². The van der Waals surface area contributed by atoms with Gasteiger partial charge in [0.15, 0.2) is 0 Å². The third-order valence-electron chi connectivity index (χ3n) is 2.64.